The van der Waals surface area contributed by atoms with Gasteiger partial charge in [-0.2, -0.15) is 0 Å². The number of rotatable bonds is 3. The van der Waals surface area contributed by atoms with E-state index in [2.05, 4.69) is 16.0 Å². The highest BCUT2D eigenvalue weighted by Gasteiger charge is 2.15. The first kappa shape index (κ1) is 15.7. The molecule has 4 nitrogen and oxygen atoms in total. The Morgan fingerprint density at radius 3 is 2.44 bits per heavy atom. The van der Waals surface area contributed by atoms with Crippen LogP contribution in [-0.2, 0) is 0 Å². The second kappa shape index (κ2) is 6.59. The van der Waals surface area contributed by atoms with Gasteiger partial charge in [0.1, 0.15) is 0 Å². The van der Waals surface area contributed by atoms with Gasteiger partial charge in [0.05, 0.1) is 22.9 Å². The Kier molecular flexibility index (Phi) is 4.14. The molecule has 2 aromatic carbocycles. The molecule has 25 heavy (non-hydrogen) atoms. The van der Waals surface area contributed by atoms with E-state index in [1.54, 1.807) is 12.4 Å². The number of fused-ring (bicyclic) bond motifs is 1. The van der Waals surface area contributed by atoms with E-state index in [4.69, 9.17) is 22.3 Å². The molecule has 2 N–H and O–H groups in total. The van der Waals surface area contributed by atoms with Gasteiger partial charge in [-0.25, -0.2) is 9.97 Å². The summed E-state index contributed by atoms with van der Waals surface area (Å²) in [6, 6.07) is 19.7. The van der Waals surface area contributed by atoms with Crippen LogP contribution in [0, 0.1) is 0 Å². The van der Waals surface area contributed by atoms with Crippen molar-refractivity contribution in [1.29, 1.82) is 0 Å². The Morgan fingerprint density at radius 2 is 1.64 bits per heavy atom. The van der Waals surface area contributed by atoms with Gasteiger partial charge in [-0.3, -0.25) is 4.98 Å². The third-order valence-corrected chi connectivity index (χ3v) is 4.41. The molecule has 0 aliphatic carbocycles. The lowest BCUT2D eigenvalue weighted by Gasteiger charge is -2.13. The minimum atomic E-state index is -0.451. The molecule has 0 fully saturated rings. The first-order valence-corrected chi connectivity index (χ1v) is 8.28. The minimum absolute atomic E-state index is 0.320. The second-order valence-corrected chi connectivity index (χ2v) is 6.08. The monoisotopic (exact) mass is 346 g/mol. The number of aromatic nitrogens is 3. The summed E-state index contributed by atoms with van der Waals surface area (Å²) >= 11 is 6.12. The van der Waals surface area contributed by atoms with Gasteiger partial charge < -0.3 is 5.73 Å². The van der Waals surface area contributed by atoms with E-state index in [0.717, 1.165) is 27.7 Å². The number of hydrogen-bond acceptors (Lipinski definition) is 4. The number of nitrogens with two attached hydrogens (primary N) is 1. The standard InChI is InChI=1S/C20H15ClN4/c21-20-19(23-10-11-24-20)18(22)15-7-6-14-8-9-16(25-17(14)12-15)13-4-2-1-3-5-13/h1-12,18H,22H2/t18-/m1/s1. The van der Waals surface area contributed by atoms with Crippen LogP contribution >= 0.6 is 11.6 Å². The number of benzene rings is 2. The van der Waals surface area contributed by atoms with Crippen molar-refractivity contribution in [2.45, 2.75) is 6.04 Å². The molecule has 0 radical (unpaired) electrons. The van der Waals surface area contributed by atoms with Crippen LogP contribution in [0.4, 0.5) is 0 Å². The van der Waals surface area contributed by atoms with Crippen LogP contribution in [0.5, 0.6) is 0 Å². The summed E-state index contributed by atoms with van der Waals surface area (Å²) in [4.78, 5) is 13.1. The molecule has 4 rings (SSSR count). The molecule has 0 aliphatic heterocycles. The van der Waals surface area contributed by atoms with Crippen LogP contribution in [0.2, 0.25) is 5.15 Å². The third-order valence-electron chi connectivity index (χ3n) is 4.12. The summed E-state index contributed by atoms with van der Waals surface area (Å²) in [7, 11) is 0. The molecular weight excluding hydrogens is 332 g/mol. The number of pyridine rings is 1. The van der Waals surface area contributed by atoms with Gasteiger partial charge in [-0.05, 0) is 17.7 Å². The molecule has 1 atom stereocenters. The van der Waals surface area contributed by atoms with Gasteiger partial charge in [0.15, 0.2) is 5.15 Å². The van der Waals surface area contributed by atoms with Crippen LogP contribution in [0.3, 0.4) is 0 Å². The zero-order chi connectivity index (χ0) is 17.2. The molecular formula is C20H15ClN4. The molecule has 4 aromatic rings. The summed E-state index contributed by atoms with van der Waals surface area (Å²) in [5.74, 6) is 0. The highest BCUT2D eigenvalue weighted by molar-refractivity contribution is 6.30. The number of halogens is 1. The topological polar surface area (TPSA) is 64.7 Å². The van der Waals surface area contributed by atoms with E-state index >= 15 is 0 Å². The summed E-state index contributed by atoms with van der Waals surface area (Å²) in [6.07, 6.45) is 3.14. The summed E-state index contributed by atoms with van der Waals surface area (Å²) < 4.78 is 0. The van der Waals surface area contributed by atoms with Crippen molar-refractivity contribution in [1.82, 2.24) is 15.0 Å². The molecule has 0 amide bonds. The zero-order valence-corrected chi connectivity index (χ0v) is 14.1. The van der Waals surface area contributed by atoms with Gasteiger partial charge in [0, 0.05) is 23.3 Å². The van der Waals surface area contributed by atoms with Crippen molar-refractivity contribution in [3.63, 3.8) is 0 Å². The van der Waals surface area contributed by atoms with Crippen molar-refractivity contribution >= 4 is 22.5 Å². The SMILES string of the molecule is N[C@H](c1ccc2ccc(-c3ccccc3)nc2c1)c1nccnc1Cl. The Morgan fingerprint density at radius 1 is 0.880 bits per heavy atom. The Bertz CT molecular complexity index is 1030. The molecule has 0 unspecified atom stereocenters. The van der Waals surface area contributed by atoms with E-state index in [9.17, 15) is 0 Å². The quantitative estimate of drug-likeness (QED) is 0.597. The fourth-order valence-electron chi connectivity index (χ4n) is 2.80. The van der Waals surface area contributed by atoms with Gasteiger partial charge in [0.2, 0.25) is 0 Å². The van der Waals surface area contributed by atoms with E-state index in [1.807, 2.05) is 54.6 Å². The predicted molar refractivity (Wildman–Crippen MR) is 100 cm³/mol. The number of nitrogens with zero attached hydrogens (tertiary/aromatic N) is 3. The molecule has 122 valence electrons. The van der Waals surface area contributed by atoms with E-state index in [1.165, 1.54) is 0 Å². The average molecular weight is 347 g/mol. The normalized spacial score (nSPS) is 12.2. The zero-order valence-electron chi connectivity index (χ0n) is 13.3. The van der Waals surface area contributed by atoms with Crippen molar-refractivity contribution in [2.75, 3.05) is 0 Å². The maximum atomic E-state index is 6.34. The fraction of sp³-hybridized carbons (Fsp3) is 0.0500. The molecule has 0 saturated carbocycles. The van der Waals surface area contributed by atoms with Crippen LogP contribution in [0.1, 0.15) is 17.3 Å². The van der Waals surface area contributed by atoms with Crippen molar-refractivity contribution in [3.8, 4) is 11.3 Å². The highest BCUT2D eigenvalue weighted by atomic mass is 35.5. The Labute approximate surface area is 150 Å². The summed E-state index contributed by atoms with van der Waals surface area (Å²) in [6.45, 7) is 0. The molecule has 2 aromatic heterocycles. The lowest BCUT2D eigenvalue weighted by atomic mass is 10.0. The predicted octanol–water partition coefficient (Wildman–Crippen LogP) is 4.39. The van der Waals surface area contributed by atoms with Gasteiger partial charge in [-0.15, -0.1) is 0 Å². The lowest BCUT2D eigenvalue weighted by molar-refractivity contribution is 0.819. The van der Waals surface area contributed by atoms with E-state index in [0.29, 0.717) is 10.8 Å². The average Bonchev–Trinajstić information content (AvgIpc) is 2.67. The molecule has 2 heterocycles. The van der Waals surface area contributed by atoms with Crippen molar-refractivity contribution in [3.05, 3.63) is 89.5 Å². The smallest absolute Gasteiger partial charge is 0.152 e. The molecule has 0 saturated heterocycles. The highest BCUT2D eigenvalue weighted by Crippen LogP contribution is 2.27. The first-order valence-electron chi connectivity index (χ1n) is 7.90. The Hall–Kier alpha value is -2.82. The van der Waals surface area contributed by atoms with Crippen molar-refractivity contribution < 1.29 is 0 Å². The van der Waals surface area contributed by atoms with Gasteiger partial charge in [-0.1, -0.05) is 60.1 Å². The molecule has 0 aliphatic rings. The lowest BCUT2D eigenvalue weighted by Crippen LogP contribution is -2.14. The van der Waals surface area contributed by atoms with Crippen molar-refractivity contribution in [2.24, 2.45) is 5.73 Å². The van der Waals surface area contributed by atoms with Gasteiger partial charge >= 0.3 is 0 Å². The molecule has 0 bridgehead atoms. The van der Waals surface area contributed by atoms with Crippen LogP contribution in [-0.4, -0.2) is 15.0 Å². The van der Waals surface area contributed by atoms with Crippen LogP contribution in [0.15, 0.2) is 73.1 Å². The molecule has 5 heteroatoms. The minimum Gasteiger partial charge on any atom is -0.319 e. The Balaban J connectivity index is 1.78. The largest absolute Gasteiger partial charge is 0.319 e. The summed E-state index contributed by atoms with van der Waals surface area (Å²) in [5, 5.41) is 1.38. The maximum absolute atomic E-state index is 6.34. The first-order chi connectivity index (χ1) is 12.2. The van der Waals surface area contributed by atoms with E-state index < -0.39 is 6.04 Å². The van der Waals surface area contributed by atoms with Crippen LogP contribution in [0.25, 0.3) is 22.2 Å². The number of hydrogen-bond donors (Lipinski definition) is 1. The fourth-order valence-corrected chi connectivity index (χ4v) is 3.02. The second-order valence-electron chi connectivity index (χ2n) is 5.72. The van der Waals surface area contributed by atoms with Crippen LogP contribution < -0.4 is 5.73 Å². The molecule has 0 spiro atoms. The summed E-state index contributed by atoms with van der Waals surface area (Å²) in [5.41, 5.74) is 10.7. The van der Waals surface area contributed by atoms with E-state index in [-0.39, 0.29) is 0 Å². The van der Waals surface area contributed by atoms with Gasteiger partial charge in [0.25, 0.3) is 0 Å². The maximum Gasteiger partial charge on any atom is 0.152 e. The third kappa shape index (κ3) is 3.09.